The molecule has 0 radical (unpaired) electrons. The molecule has 7 nitrogen and oxygen atoms in total. The van der Waals surface area contributed by atoms with Gasteiger partial charge in [0.2, 0.25) is 0 Å². The Bertz CT molecular complexity index is 724. The summed E-state index contributed by atoms with van der Waals surface area (Å²) < 4.78 is 34.0. The first-order valence-electron chi connectivity index (χ1n) is 7.98. The fraction of sp³-hybridized carbons (Fsp3) is 0.438. The van der Waals surface area contributed by atoms with Crippen molar-refractivity contribution >= 4 is 11.7 Å². The monoisotopic (exact) mass is 351 g/mol. The number of hydrogen-bond donors (Lipinski definition) is 1. The van der Waals surface area contributed by atoms with Crippen LogP contribution in [0.2, 0.25) is 0 Å². The second-order valence-electron chi connectivity index (χ2n) is 5.87. The number of methoxy groups -OCH3 is 1. The first kappa shape index (κ1) is 17.3. The van der Waals surface area contributed by atoms with Gasteiger partial charge in [0.25, 0.3) is 0 Å². The minimum atomic E-state index is -0.795. The Labute approximate surface area is 143 Å². The summed E-state index contributed by atoms with van der Waals surface area (Å²) in [6.45, 7) is 1.33. The van der Waals surface area contributed by atoms with E-state index in [1.807, 2.05) is 6.20 Å². The van der Waals surface area contributed by atoms with Gasteiger partial charge in [0.05, 0.1) is 18.8 Å². The van der Waals surface area contributed by atoms with E-state index >= 15 is 0 Å². The Hall–Kier alpha value is -2.55. The number of benzene rings is 1. The average Bonchev–Trinajstić information content (AvgIpc) is 3.07. The highest BCUT2D eigenvalue weighted by atomic mass is 19.1. The number of nitrogens with zero attached hydrogens (tertiary/aromatic N) is 4. The van der Waals surface area contributed by atoms with Crippen LogP contribution in [0.15, 0.2) is 24.4 Å². The maximum Gasteiger partial charge on any atom is 0.322 e. The van der Waals surface area contributed by atoms with Crippen LogP contribution < -0.4 is 5.32 Å². The Morgan fingerprint density at radius 2 is 2.00 bits per heavy atom. The lowest BCUT2D eigenvalue weighted by Gasteiger charge is -2.31. The fourth-order valence-corrected chi connectivity index (χ4v) is 2.84. The van der Waals surface area contributed by atoms with E-state index in [4.69, 9.17) is 4.74 Å². The summed E-state index contributed by atoms with van der Waals surface area (Å²) in [5.74, 6) is -1.59. The van der Waals surface area contributed by atoms with Gasteiger partial charge in [-0.15, -0.1) is 5.10 Å². The summed E-state index contributed by atoms with van der Waals surface area (Å²) in [5, 5.41) is 10.4. The maximum atomic E-state index is 13.6. The minimum Gasteiger partial charge on any atom is -0.378 e. The van der Waals surface area contributed by atoms with Crippen molar-refractivity contribution in [1.82, 2.24) is 19.9 Å². The van der Waals surface area contributed by atoms with Crippen LogP contribution in [-0.2, 0) is 11.3 Å². The van der Waals surface area contributed by atoms with Crippen LogP contribution in [-0.4, -0.2) is 46.1 Å². The van der Waals surface area contributed by atoms with E-state index in [9.17, 15) is 13.6 Å². The molecule has 2 heterocycles. The van der Waals surface area contributed by atoms with Crippen molar-refractivity contribution in [2.24, 2.45) is 0 Å². The molecule has 0 spiro atoms. The molecule has 0 atom stereocenters. The SMILES string of the molecule is COCc1cn(C2CCN(C(=O)Nc3c(F)cccc3F)CC2)nn1. The normalized spacial score (nSPS) is 15.4. The Kier molecular flexibility index (Phi) is 5.22. The molecule has 1 fully saturated rings. The quantitative estimate of drug-likeness (QED) is 0.919. The molecule has 1 saturated heterocycles. The number of aromatic nitrogens is 3. The van der Waals surface area contributed by atoms with Crippen molar-refractivity contribution in [1.29, 1.82) is 0 Å². The molecule has 25 heavy (non-hydrogen) atoms. The number of halogens is 2. The topological polar surface area (TPSA) is 72.3 Å². The number of amides is 2. The van der Waals surface area contributed by atoms with Crippen molar-refractivity contribution in [2.45, 2.75) is 25.5 Å². The minimum absolute atomic E-state index is 0.132. The molecule has 0 bridgehead atoms. The van der Waals surface area contributed by atoms with Gasteiger partial charge in [0.15, 0.2) is 0 Å². The third kappa shape index (κ3) is 3.93. The molecule has 1 aromatic heterocycles. The predicted molar refractivity (Wildman–Crippen MR) is 86.0 cm³/mol. The number of carbonyl (C=O) groups excluding carboxylic acids is 1. The second kappa shape index (κ2) is 7.56. The second-order valence-corrected chi connectivity index (χ2v) is 5.87. The van der Waals surface area contributed by atoms with Gasteiger partial charge >= 0.3 is 6.03 Å². The number of carbonyl (C=O) groups is 1. The zero-order chi connectivity index (χ0) is 17.8. The molecule has 1 aromatic carbocycles. The zero-order valence-corrected chi connectivity index (χ0v) is 13.8. The van der Waals surface area contributed by atoms with Crippen molar-refractivity contribution in [2.75, 3.05) is 25.5 Å². The molecular formula is C16H19F2N5O2. The van der Waals surface area contributed by atoms with Crippen LogP contribution in [0.4, 0.5) is 19.3 Å². The largest absolute Gasteiger partial charge is 0.378 e. The lowest BCUT2D eigenvalue weighted by Crippen LogP contribution is -2.41. The van der Waals surface area contributed by atoms with Crippen molar-refractivity contribution in [3.8, 4) is 0 Å². The van der Waals surface area contributed by atoms with Gasteiger partial charge in [-0.2, -0.15) is 0 Å². The van der Waals surface area contributed by atoms with Crippen LogP contribution in [0, 0.1) is 11.6 Å². The number of ether oxygens (including phenoxy) is 1. The first-order valence-corrected chi connectivity index (χ1v) is 7.98. The molecule has 0 unspecified atom stereocenters. The van der Waals surface area contributed by atoms with E-state index in [0.717, 1.165) is 17.8 Å². The summed E-state index contributed by atoms with van der Waals surface area (Å²) in [7, 11) is 1.59. The first-order chi connectivity index (χ1) is 12.1. The lowest BCUT2D eigenvalue weighted by molar-refractivity contribution is 0.179. The molecule has 0 aliphatic carbocycles. The third-order valence-electron chi connectivity index (χ3n) is 4.17. The molecule has 1 aliphatic rings. The Morgan fingerprint density at radius 3 is 2.64 bits per heavy atom. The van der Waals surface area contributed by atoms with Crippen molar-refractivity contribution in [3.63, 3.8) is 0 Å². The number of para-hydroxylation sites is 1. The fourth-order valence-electron chi connectivity index (χ4n) is 2.84. The molecule has 9 heteroatoms. The number of rotatable bonds is 4. The molecule has 1 aliphatic heterocycles. The number of hydrogen-bond acceptors (Lipinski definition) is 4. The molecule has 1 N–H and O–H groups in total. The number of piperidine rings is 1. The van der Waals surface area contributed by atoms with Crippen molar-refractivity contribution in [3.05, 3.63) is 41.7 Å². The number of likely N-dealkylation sites (tertiary alicyclic amines) is 1. The van der Waals surface area contributed by atoms with Crippen LogP contribution >= 0.6 is 0 Å². The summed E-state index contributed by atoms with van der Waals surface area (Å²) >= 11 is 0. The Balaban J connectivity index is 1.57. The van der Waals surface area contributed by atoms with Crippen LogP contribution in [0.25, 0.3) is 0 Å². The van der Waals surface area contributed by atoms with Gasteiger partial charge in [-0.25, -0.2) is 18.3 Å². The molecule has 2 amide bonds. The molecule has 134 valence electrons. The highest BCUT2D eigenvalue weighted by Crippen LogP contribution is 2.23. The molecule has 2 aromatic rings. The Morgan fingerprint density at radius 1 is 1.32 bits per heavy atom. The van der Waals surface area contributed by atoms with Crippen LogP contribution in [0.5, 0.6) is 0 Å². The van der Waals surface area contributed by atoms with Crippen molar-refractivity contribution < 1.29 is 18.3 Å². The third-order valence-corrected chi connectivity index (χ3v) is 4.17. The molecular weight excluding hydrogens is 332 g/mol. The van der Waals surface area contributed by atoms with Gasteiger partial charge in [0.1, 0.15) is 23.0 Å². The summed E-state index contributed by atoms with van der Waals surface area (Å²) in [5.41, 5.74) is 0.327. The highest BCUT2D eigenvalue weighted by molar-refractivity contribution is 5.89. The summed E-state index contributed by atoms with van der Waals surface area (Å²) in [4.78, 5) is 13.8. The van der Waals surface area contributed by atoms with Gasteiger partial charge in [-0.3, -0.25) is 0 Å². The standard InChI is InChI=1S/C16H19F2N5O2/c1-25-10-11-9-23(21-20-11)12-5-7-22(8-6-12)16(24)19-15-13(17)3-2-4-14(15)18/h2-4,9,12H,5-8,10H2,1H3,(H,19,24). The smallest absolute Gasteiger partial charge is 0.322 e. The van der Waals surface area contributed by atoms with E-state index in [1.54, 1.807) is 11.8 Å². The van der Waals surface area contributed by atoms with Gasteiger partial charge in [0, 0.05) is 20.2 Å². The van der Waals surface area contributed by atoms with E-state index < -0.39 is 23.4 Å². The highest BCUT2D eigenvalue weighted by Gasteiger charge is 2.25. The van der Waals surface area contributed by atoms with Gasteiger partial charge in [-0.05, 0) is 25.0 Å². The number of nitrogens with one attached hydrogen (secondary N) is 1. The number of urea groups is 1. The summed E-state index contributed by atoms with van der Waals surface area (Å²) in [6.07, 6.45) is 3.20. The van der Waals surface area contributed by atoms with E-state index in [-0.39, 0.29) is 6.04 Å². The van der Waals surface area contributed by atoms with E-state index in [2.05, 4.69) is 15.6 Å². The maximum absolute atomic E-state index is 13.6. The van der Waals surface area contributed by atoms with Crippen LogP contribution in [0.1, 0.15) is 24.6 Å². The van der Waals surface area contributed by atoms with E-state index in [0.29, 0.717) is 32.5 Å². The number of anilines is 1. The average molecular weight is 351 g/mol. The van der Waals surface area contributed by atoms with Gasteiger partial charge < -0.3 is 15.0 Å². The zero-order valence-electron chi connectivity index (χ0n) is 13.8. The summed E-state index contributed by atoms with van der Waals surface area (Å²) in [6, 6.07) is 3.08. The van der Waals surface area contributed by atoms with E-state index in [1.165, 1.54) is 11.0 Å². The predicted octanol–water partition coefficient (Wildman–Crippen LogP) is 2.57. The molecule has 3 rings (SSSR count). The lowest BCUT2D eigenvalue weighted by atomic mass is 10.1. The van der Waals surface area contributed by atoms with Gasteiger partial charge in [-0.1, -0.05) is 11.3 Å². The molecule has 0 saturated carbocycles. The van der Waals surface area contributed by atoms with Crippen LogP contribution in [0.3, 0.4) is 0 Å².